The number of aliphatic hydroxyl groups is 2. The van der Waals surface area contributed by atoms with Crippen LogP contribution >= 0.6 is 0 Å². The molecule has 19 N–H and O–H groups in total. The van der Waals surface area contributed by atoms with Crippen molar-refractivity contribution in [1.82, 2.24) is 46.6 Å². The van der Waals surface area contributed by atoms with Crippen molar-refractivity contribution in [3.8, 4) is 0 Å². The highest BCUT2D eigenvalue weighted by molar-refractivity contribution is 5.99. The second-order valence-corrected chi connectivity index (χ2v) is 25.6. The zero-order chi connectivity index (χ0) is 66.2. The first-order valence-corrected chi connectivity index (χ1v) is 32.8. The molecule has 2 aromatic carbocycles. The predicted molar refractivity (Wildman–Crippen MR) is 338 cm³/mol. The summed E-state index contributed by atoms with van der Waals surface area (Å²) in [5.74, 6) is -8.74. The lowest BCUT2D eigenvalue weighted by atomic mass is 9.84. The van der Waals surface area contributed by atoms with Crippen molar-refractivity contribution in [2.45, 2.75) is 195 Å². The number of amides is 9. The molecule has 0 aromatic heterocycles. The van der Waals surface area contributed by atoms with E-state index in [1.807, 2.05) is 48.5 Å². The minimum Gasteiger partial charge on any atom is -0.480 e. The molecule has 4 fully saturated rings. The molecule has 9 amide bonds. The summed E-state index contributed by atoms with van der Waals surface area (Å²) in [6, 6.07) is 3.86. The fourth-order valence-corrected chi connectivity index (χ4v) is 14.5. The summed E-state index contributed by atoms with van der Waals surface area (Å²) in [6.45, 7) is -0.924. The normalized spacial score (nSPS) is 22.9. The third-order valence-electron chi connectivity index (χ3n) is 19.3. The third-order valence-corrected chi connectivity index (χ3v) is 19.3. The minimum atomic E-state index is -1.63. The number of hydrogen-bond donors (Lipinski definition) is 14. The summed E-state index contributed by atoms with van der Waals surface area (Å²) in [4.78, 5) is 150. The van der Waals surface area contributed by atoms with Gasteiger partial charge in [-0.15, -0.1) is 0 Å². The van der Waals surface area contributed by atoms with E-state index in [1.165, 1.54) is 14.7 Å². The summed E-state index contributed by atoms with van der Waals surface area (Å²) in [6.07, 6.45) is 7.16. The van der Waals surface area contributed by atoms with Crippen LogP contribution in [0.1, 0.15) is 125 Å². The number of carboxylic acids is 1. The zero-order valence-corrected chi connectivity index (χ0v) is 52.4. The number of benzene rings is 2. The fraction of sp³-hybridized carbons (Fsp3) is 0.641. The van der Waals surface area contributed by atoms with Gasteiger partial charge in [-0.2, -0.15) is 0 Å². The van der Waals surface area contributed by atoms with Crippen LogP contribution in [-0.2, 0) is 73.6 Å². The van der Waals surface area contributed by atoms with Crippen LogP contribution in [0.2, 0.25) is 0 Å². The number of carboxylic acid groups (broad SMARTS) is 1. The summed E-state index contributed by atoms with van der Waals surface area (Å²) in [7, 11) is 0. The molecule has 92 heavy (non-hydrogen) atoms. The smallest absolute Gasteiger partial charge is 0.326 e. The molecule has 0 bridgehead atoms. The van der Waals surface area contributed by atoms with Crippen molar-refractivity contribution >= 4 is 65.1 Å². The van der Waals surface area contributed by atoms with Crippen LogP contribution < -0.4 is 60.6 Å². The molecular weight excluding hydrogens is 1190 g/mol. The zero-order valence-electron chi connectivity index (χ0n) is 52.4. The standard InChI is InChI=1S/C64H95N15O13/c65-23-9-7-18-44(67)55(83)72-45(19-8-10-24-66)56(84)73-46(20-11-25-70-64(68)69)60(88)77-26-12-22-49(77)61(89)78-34-43(81)32-50(78)58(86)71-33-52(82)75-53(41-27-36-13-1-2-14-37(36)28-41)59(87)74-47(35-80)57(85)76-54(42-29-38-15-3-4-16-39(38)30-42)62(90)79-48-21-6-5-17-40(48)31-51(79)63(91)92/h1-4,13-16,40-51,53-54,80-81H,5-12,17-35,65-67H2,(H,71,86)(H,72,83)(H,73,84)(H,74,87)(H,75,82)(H,76,85)(H,91,92)(H4,68,69,70)/t40-,43+,44-,45-,46-,47-,48-,49-,50-,51-,53-,54+/m0/s1. The van der Waals surface area contributed by atoms with Crippen LogP contribution in [0.25, 0.3) is 0 Å². The Morgan fingerprint density at radius 2 is 1.17 bits per heavy atom. The lowest BCUT2D eigenvalue weighted by molar-refractivity contribution is -0.152. The lowest BCUT2D eigenvalue weighted by Gasteiger charge is -2.37. The van der Waals surface area contributed by atoms with E-state index in [0.717, 1.165) is 41.5 Å². The molecule has 0 spiro atoms. The molecule has 3 saturated heterocycles. The Hall–Kier alpha value is -7.79. The number of carbonyl (C=O) groups excluding carboxylic acids is 9. The molecule has 0 radical (unpaired) electrons. The van der Waals surface area contributed by atoms with Crippen LogP contribution in [0.5, 0.6) is 0 Å². The maximum Gasteiger partial charge on any atom is 0.326 e. The summed E-state index contributed by atoms with van der Waals surface area (Å²) >= 11 is 0. The Bertz CT molecular complexity index is 2950. The van der Waals surface area contributed by atoms with E-state index < -0.39 is 145 Å². The van der Waals surface area contributed by atoms with Gasteiger partial charge in [0.1, 0.15) is 48.3 Å². The highest BCUT2D eigenvalue weighted by Gasteiger charge is 2.52. The van der Waals surface area contributed by atoms with Crippen LogP contribution in [0.4, 0.5) is 0 Å². The van der Waals surface area contributed by atoms with Crippen molar-refractivity contribution in [3.63, 3.8) is 0 Å². The van der Waals surface area contributed by atoms with Gasteiger partial charge in [0.25, 0.3) is 0 Å². The first kappa shape index (κ1) is 70.1. The van der Waals surface area contributed by atoms with Gasteiger partial charge < -0.3 is 90.6 Å². The van der Waals surface area contributed by atoms with Crippen LogP contribution in [-0.4, -0.2) is 208 Å². The molecule has 3 aliphatic heterocycles. The van der Waals surface area contributed by atoms with Gasteiger partial charge in [-0.3, -0.25) is 48.1 Å². The number of fused-ring (bicyclic) bond motifs is 3. The number of aliphatic imine (C=N–C) groups is 1. The Balaban J connectivity index is 0.934. The number of carbonyl (C=O) groups is 10. The number of rotatable bonds is 31. The van der Waals surface area contributed by atoms with E-state index in [-0.39, 0.29) is 69.7 Å². The molecule has 0 unspecified atom stereocenters. The maximum atomic E-state index is 14.9. The summed E-state index contributed by atoms with van der Waals surface area (Å²) in [5.41, 5.74) is 32.5. The Morgan fingerprint density at radius 1 is 0.598 bits per heavy atom. The fourth-order valence-electron chi connectivity index (χ4n) is 14.5. The number of aliphatic carboxylic acids is 1. The number of hydrogen-bond acceptors (Lipinski definition) is 16. The molecule has 3 heterocycles. The minimum absolute atomic E-state index is 0.00657. The number of nitrogens with two attached hydrogens (primary N) is 5. The number of unbranched alkanes of at least 4 members (excludes halogenated alkanes) is 2. The number of likely N-dealkylation sites (tertiary alicyclic amines) is 3. The van der Waals surface area contributed by atoms with Gasteiger partial charge in [0.05, 0.1) is 25.3 Å². The number of aliphatic hydroxyl groups excluding tert-OH is 2. The van der Waals surface area contributed by atoms with E-state index in [2.05, 4.69) is 36.9 Å². The molecule has 6 aliphatic rings. The second kappa shape index (κ2) is 33.2. The first-order chi connectivity index (χ1) is 44.2. The number of nitrogens with zero attached hydrogens (tertiary/aromatic N) is 4. The Labute approximate surface area is 536 Å². The Morgan fingerprint density at radius 3 is 1.78 bits per heavy atom. The lowest BCUT2D eigenvalue weighted by Crippen LogP contribution is -2.62. The van der Waals surface area contributed by atoms with E-state index in [4.69, 9.17) is 28.7 Å². The molecule has 1 saturated carbocycles. The first-order valence-electron chi connectivity index (χ1n) is 32.8. The van der Waals surface area contributed by atoms with E-state index in [1.54, 1.807) is 0 Å². The summed E-state index contributed by atoms with van der Waals surface area (Å²) in [5, 5.41) is 48.5. The van der Waals surface area contributed by atoms with Crippen molar-refractivity contribution < 1.29 is 63.3 Å². The van der Waals surface area contributed by atoms with E-state index >= 15 is 0 Å². The predicted octanol–water partition coefficient (Wildman–Crippen LogP) is -2.82. The van der Waals surface area contributed by atoms with Crippen LogP contribution in [0, 0.1) is 17.8 Å². The monoisotopic (exact) mass is 1280 g/mol. The highest BCUT2D eigenvalue weighted by atomic mass is 16.4. The van der Waals surface area contributed by atoms with Crippen LogP contribution in [0.15, 0.2) is 53.5 Å². The molecule has 28 heteroatoms. The SMILES string of the molecule is NCCCC[C@H](NC(=O)[C@@H](N)CCCCN)C(=O)N[C@@H](CCCN=C(N)N)C(=O)N1CCC[C@H]1C(=O)N1C[C@H](O)C[C@H]1C(=O)NCC(=O)N[C@H](C(=O)N[C@@H](CO)C(=O)N[C@@H](C(=O)N1[C@H](C(=O)O)C[C@@H]2CCCC[C@@H]21)C1Cc2ccccc2C1)C1Cc2ccccc2C1. The van der Waals surface area contributed by atoms with Gasteiger partial charge in [-0.1, -0.05) is 67.8 Å². The van der Waals surface area contributed by atoms with Gasteiger partial charge in [-0.25, -0.2) is 4.79 Å². The van der Waals surface area contributed by atoms with Gasteiger partial charge in [0.2, 0.25) is 53.2 Å². The van der Waals surface area contributed by atoms with Gasteiger partial charge >= 0.3 is 5.97 Å². The third kappa shape index (κ3) is 17.7. The summed E-state index contributed by atoms with van der Waals surface area (Å²) < 4.78 is 0. The van der Waals surface area contributed by atoms with Crippen LogP contribution in [0.3, 0.4) is 0 Å². The van der Waals surface area contributed by atoms with Gasteiger partial charge in [0.15, 0.2) is 5.96 Å². The van der Waals surface area contributed by atoms with E-state index in [9.17, 15) is 63.3 Å². The van der Waals surface area contributed by atoms with E-state index in [0.29, 0.717) is 90.1 Å². The van der Waals surface area contributed by atoms with Crippen molar-refractivity contribution in [2.24, 2.45) is 51.4 Å². The highest BCUT2D eigenvalue weighted by Crippen LogP contribution is 2.41. The van der Waals surface area contributed by atoms with Crippen molar-refractivity contribution in [1.29, 1.82) is 0 Å². The molecule has 8 rings (SSSR count). The van der Waals surface area contributed by atoms with Gasteiger partial charge in [0, 0.05) is 32.1 Å². The maximum absolute atomic E-state index is 14.9. The quantitative estimate of drug-likeness (QED) is 0.0206. The number of guanidine groups is 1. The van der Waals surface area contributed by atoms with Crippen molar-refractivity contribution in [3.05, 3.63) is 70.8 Å². The molecular formula is C64H95N15O13. The molecule has 28 nitrogen and oxygen atoms in total. The number of nitrogens with one attached hydrogen (secondary N) is 6. The van der Waals surface area contributed by atoms with Crippen molar-refractivity contribution in [2.75, 3.05) is 45.9 Å². The Kier molecular flexibility index (Phi) is 25.3. The van der Waals surface area contributed by atoms with Gasteiger partial charge in [-0.05, 0) is 156 Å². The molecule has 3 aliphatic carbocycles. The largest absolute Gasteiger partial charge is 0.480 e. The number of β-amino-alcohol motifs (C(OH)–C–C–N with tert-alkyl or cyclic N) is 1. The average molecular weight is 1280 g/mol. The average Bonchev–Trinajstić information content (AvgIpc) is 1.62. The second-order valence-electron chi connectivity index (χ2n) is 25.6. The molecule has 12 atom stereocenters. The molecule has 504 valence electrons. The topological polar surface area (TPSA) is 456 Å². The molecule has 2 aromatic rings.